The van der Waals surface area contributed by atoms with Gasteiger partial charge in [0.15, 0.2) is 0 Å². The summed E-state index contributed by atoms with van der Waals surface area (Å²) < 4.78 is 0. The summed E-state index contributed by atoms with van der Waals surface area (Å²) in [5, 5.41) is 20.5. The number of anilines is 1. The molecular formula is C22H19N5O5. The van der Waals surface area contributed by atoms with E-state index in [1.165, 1.54) is 12.1 Å². The van der Waals surface area contributed by atoms with Crippen molar-refractivity contribution >= 4 is 34.4 Å². The van der Waals surface area contributed by atoms with Crippen molar-refractivity contribution in [1.29, 1.82) is 0 Å². The van der Waals surface area contributed by atoms with E-state index >= 15 is 0 Å². The number of hydrogen-bond acceptors (Lipinski definition) is 7. The summed E-state index contributed by atoms with van der Waals surface area (Å²) in [6, 6.07) is 13.9. The van der Waals surface area contributed by atoms with Crippen LogP contribution in [0.2, 0.25) is 0 Å². The first-order valence-corrected chi connectivity index (χ1v) is 9.89. The molecule has 1 aromatic heterocycles. The van der Waals surface area contributed by atoms with Crippen LogP contribution in [-0.4, -0.2) is 63.0 Å². The van der Waals surface area contributed by atoms with Gasteiger partial charge in [-0.25, -0.2) is 14.8 Å². The molecule has 32 heavy (non-hydrogen) atoms. The molecule has 2 aromatic carbocycles. The second-order valence-electron chi connectivity index (χ2n) is 7.18. The van der Waals surface area contributed by atoms with Crippen LogP contribution in [0.1, 0.15) is 0 Å². The average Bonchev–Trinajstić information content (AvgIpc) is 2.82. The van der Waals surface area contributed by atoms with Gasteiger partial charge in [0.2, 0.25) is 11.9 Å². The van der Waals surface area contributed by atoms with E-state index in [4.69, 9.17) is 10.1 Å². The lowest BCUT2D eigenvalue weighted by atomic mass is 10.1. The summed E-state index contributed by atoms with van der Waals surface area (Å²) in [4.78, 5) is 46.4. The Morgan fingerprint density at radius 2 is 1.72 bits per heavy atom. The van der Waals surface area contributed by atoms with E-state index in [2.05, 4.69) is 4.98 Å². The molecule has 0 spiro atoms. The summed E-state index contributed by atoms with van der Waals surface area (Å²) in [6.45, 7) is 1.73. The van der Waals surface area contributed by atoms with Crippen LogP contribution >= 0.6 is 0 Å². The van der Waals surface area contributed by atoms with Gasteiger partial charge in [0.1, 0.15) is 0 Å². The molecule has 1 fully saturated rings. The molecule has 1 saturated heterocycles. The number of non-ortho nitro benzene ring substituents is 1. The van der Waals surface area contributed by atoms with Crippen LogP contribution in [0.15, 0.2) is 60.7 Å². The third-order valence-corrected chi connectivity index (χ3v) is 5.17. The number of amides is 1. The van der Waals surface area contributed by atoms with E-state index in [0.29, 0.717) is 48.7 Å². The van der Waals surface area contributed by atoms with Crippen LogP contribution in [0.5, 0.6) is 0 Å². The summed E-state index contributed by atoms with van der Waals surface area (Å²) >= 11 is 0. The molecule has 1 aliphatic heterocycles. The van der Waals surface area contributed by atoms with Crippen LogP contribution in [-0.2, 0) is 9.59 Å². The number of rotatable bonds is 5. The Bertz CT molecular complexity index is 1220. The van der Waals surface area contributed by atoms with Crippen LogP contribution in [0, 0.1) is 10.1 Å². The zero-order chi connectivity index (χ0) is 22.7. The van der Waals surface area contributed by atoms with Gasteiger partial charge in [0.25, 0.3) is 5.69 Å². The summed E-state index contributed by atoms with van der Waals surface area (Å²) in [6.07, 6.45) is 1.87. The number of benzene rings is 2. The van der Waals surface area contributed by atoms with Crippen molar-refractivity contribution in [3.05, 3.63) is 70.8 Å². The number of carbonyl (C=O) groups excluding carboxylic acids is 1. The maximum Gasteiger partial charge on any atom is 0.328 e. The lowest BCUT2D eigenvalue weighted by molar-refractivity contribution is -0.384. The van der Waals surface area contributed by atoms with Crippen molar-refractivity contribution in [3.63, 3.8) is 0 Å². The van der Waals surface area contributed by atoms with Crippen LogP contribution in [0.4, 0.5) is 11.6 Å². The number of hydrogen-bond donors (Lipinski definition) is 1. The highest BCUT2D eigenvalue weighted by molar-refractivity contribution is 5.95. The molecule has 10 heteroatoms. The topological polar surface area (TPSA) is 130 Å². The maximum atomic E-state index is 12.1. The molecule has 4 rings (SSSR count). The molecule has 1 N–H and O–H groups in total. The maximum absolute atomic E-state index is 12.1. The number of nitro groups is 1. The molecule has 0 aliphatic carbocycles. The van der Waals surface area contributed by atoms with Gasteiger partial charge in [-0.1, -0.05) is 30.3 Å². The third-order valence-electron chi connectivity index (χ3n) is 5.17. The summed E-state index contributed by atoms with van der Waals surface area (Å²) in [5.74, 6) is -1.06. The highest BCUT2D eigenvalue weighted by Gasteiger charge is 2.23. The molecule has 3 aromatic rings. The number of nitrogens with zero attached hydrogens (tertiary/aromatic N) is 5. The molecule has 0 saturated carbocycles. The Morgan fingerprint density at radius 3 is 2.38 bits per heavy atom. The number of carbonyl (C=O) groups is 2. The molecule has 1 aliphatic rings. The molecule has 1 amide bonds. The first-order valence-electron chi connectivity index (χ1n) is 9.89. The Kier molecular flexibility index (Phi) is 5.75. The van der Waals surface area contributed by atoms with Crippen molar-refractivity contribution in [2.75, 3.05) is 31.1 Å². The lowest BCUT2D eigenvalue weighted by Gasteiger charge is -2.34. The predicted octanol–water partition coefficient (Wildman–Crippen LogP) is 2.49. The minimum atomic E-state index is -1.17. The molecule has 10 nitrogen and oxygen atoms in total. The minimum Gasteiger partial charge on any atom is -0.478 e. The second-order valence-corrected chi connectivity index (χ2v) is 7.18. The fraction of sp³-hybridized carbons (Fsp3) is 0.182. The van der Waals surface area contributed by atoms with E-state index in [0.717, 1.165) is 17.7 Å². The molecular weight excluding hydrogens is 414 g/mol. The standard InChI is InChI=1S/C22H19N5O5/c28-19(8-9-20(29)30)25-10-12-26(13-11-25)22-23-18-7-6-16(27(31)32)14-17(18)21(24-22)15-4-2-1-3-5-15/h1-9,14H,10-13H2,(H,29,30)/b9-8+. The fourth-order valence-electron chi connectivity index (χ4n) is 3.55. The van der Waals surface area contributed by atoms with Crippen molar-refractivity contribution in [3.8, 4) is 11.3 Å². The highest BCUT2D eigenvalue weighted by atomic mass is 16.6. The molecule has 162 valence electrons. The fourth-order valence-corrected chi connectivity index (χ4v) is 3.55. The van der Waals surface area contributed by atoms with Gasteiger partial charge < -0.3 is 14.9 Å². The van der Waals surface area contributed by atoms with Gasteiger partial charge in [-0.05, 0) is 6.07 Å². The lowest BCUT2D eigenvalue weighted by Crippen LogP contribution is -2.48. The highest BCUT2D eigenvalue weighted by Crippen LogP contribution is 2.31. The van der Waals surface area contributed by atoms with Gasteiger partial charge in [-0.2, -0.15) is 0 Å². The zero-order valence-electron chi connectivity index (χ0n) is 16.9. The Labute approximate surface area is 182 Å². The average molecular weight is 433 g/mol. The zero-order valence-corrected chi connectivity index (χ0v) is 16.9. The molecule has 0 bridgehead atoms. The monoisotopic (exact) mass is 433 g/mol. The Balaban J connectivity index is 1.66. The minimum absolute atomic E-state index is 0.0347. The smallest absolute Gasteiger partial charge is 0.328 e. The number of carboxylic acid groups (broad SMARTS) is 1. The van der Waals surface area contributed by atoms with Crippen molar-refractivity contribution in [2.45, 2.75) is 0 Å². The van der Waals surface area contributed by atoms with Gasteiger partial charge in [0, 0.05) is 61.4 Å². The van der Waals surface area contributed by atoms with Gasteiger partial charge >= 0.3 is 5.97 Å². The first-order chi connectivity index (χ1) is 15.4. The molecule has 2 heterocycles. The quantitative estimate of drug-likeness (QED) is 0.369. The van der Waals surface area contributed by atoms with E-state index < -0.39 is 10.9 Å². The van der Waals surface area contributed by atoms with Crippen molar-refractivity contribution < 1.29 is 19.6 Å². The van der Waals surface area contributed by atoms with E-state index in [9.17, 15) is 19.7 Å². The summed E-state index contributed by atoms with van der Waals surface area (Å²) in [7, 11) is 0. The van der Waals surface area contributed by atoms with Gasteiger partial charge in [-0.3, -0.25) is 14.9 Å². The largest absolute Gasteiger partial charge is 0.478 e. The van der Waals surface area contributed by atoms with Gasteiger partial charge in [0.05, 0.1) is 16.1 Å². The van der Waals surface area contributed by atoms with Crippen LogP contribution in [0.3, 0.4) is 0 Å². The number of fused-ring (bicyclic) bond motifs is 1. The molecule has 0 radical (unpaired) electrons. The number of carboxylic acids is 1. The number of aliphatic carboxylic acids is 1. The van der Waals surface area contributed by atoms with E-state index in [1.807, 2.05) is 35.2 Å². The van der Waals surface area contributed by atoms with Crippen molar-refractivity contribution in [2.24, 2.45) is 0 Å². The summed E-state index contributed by atoms with van der Waals surface area (Å²) in [5.41, 5.74) is 1.96. The predicted molar refractivity (Wildman–Crippen MR) is 117 cm³/mol. The molecule has 0 atom stereocenters. The van der Waals surface area contributed by atoms with Crippen molar-refractivity contribution in [1.82, 2.24) is 14.9 Å². The Hall–Kier alpha value is -4.34. The van der Waals surface area contributed by atoms with E-state index in [1.54, 1.807) is 11.0 Å². The molecule has 0 unspecified atom stereocenters. The first kappa shape index (κ1) is 20.9. The Morgan fingerprint density at radius 1 is 1.00 bits per heavy atom. The van der Waals surface area contributed by atoms with Gasteiger partial charge in [-0.15, -0.1) is 0 Å². The van der Waals surface area contributed by atoms with Crippen LogP contribution < -0.4 is 4.90 Å². The third kappa shape index (κ3) is 4.38. The van der Waals surface area contributed by atoms with Crippen LogP contribution in [0.25, 0.3) is 22.2 Å². The number of aromatic nitrogens is 2. The number of piperazine rings is 1. The SMILES string of the molecule is O=C(O)/C=C/C(=O)N1CCN(c2nc(-c3ccccc3)c3cc([N+](=O)[O-])ccc3n2)CC1. The number of nitro benzene ring substituents is 1. The second kappa shape index (κ2) is 8.80. The normalized spacial score (nSPS) is 14.1. The van der Waals surface area contributed by atoms with E-state index in [-0.39, 0.29) is 11.6 Å².